The zero-order chi connectivity index (χ0) is 16.9. The van der Waals surface area contributed by atoms with E-state index in [0.717, 1.165) is 65.0 Å². The van der Waals surface area contributed by atoms with Gasteiger partial charge in [-0.05, 0) is 25.7 Å². The Kier molecular flexibility index (Phi) is 11.0. The first kappa shape index (κ1) is 20.2. The van der Waals surface area contributed by atoms with E-state index in [-0.39, 0.29) is 0 Å². The van der Waals surface area contributed by atoms with Gasteiger partial charge in [-0.3, -0.25) is 9.89 Å². The van der Waals surface area contributed by atoms with Gasteiger partial charge in [0.25, 0.3) is 0 Å². The second kappa shape index (κ2) is 12.6. The molecule has 0 bridgehead atoms. The number of aliphatic imine (C=N–C) groups is 1. The maximum absolute atomic E-state index is 5.48. The summed E-state index contributed by atoms with van der Waals surface area (Å²) in [4.78, 5) is 6.85. The normalized spacial score (nSPS) is 18.2. The van der Waals surface area contributed by atoms with Crippen LogP contribution in [0.2, 0.25) is 0 Å². The second-order valence-electron chi connectivity index (χ2n) is 6.36. The third-order valence-electron chi connectivity index (χ3n) is 4.00. The fraction of sp³-hybridized carbons (Fsp3) is 0.941. The molecule has 136 valence electrons. The van der Waals surface area contributed by atoms with E-state index >= 15 is 0 Å². The van der Waals surface area contributed by atoms with Gasteiger partial charge in [0.2, 0.25) is 0 Å². The second-order valence-corrected chi connectivity index (χ2v) is 6.36. The number of ether oxygens (including phenoxy) is 2. The predicted octanol–water partition coefficient (Wildman–Crippen LogP) is 1.32. The largest absolute Gasteiger partial charge is 0.382 e. The monoisotopic (exact) mass is 328 g/mol. The predicted molar refractivity (Wildman–Crippen MR) is 96.1 cm³/mol. The number of nitrogens with zero attached hydrogens (tertiary/aromatic N) is 2. The first-order chi connectivity index (χ1) is 11.2. The molecule has 0 amide bonds. The lowest BCUT2D eigenvalue weighted by Crippen LogP contribution is -2.51. The van der Waals surface area contributed by atoms with Crippen LogP contribution < -0.4 is 10.6 Å². The van der Waals surface area contributed by atoms with Crippen molar-refractivity contribution in [1.29, 1.82) is 0 Å². The third kappa shape index (κ3) is 9.13. The van der Waals surface area contributed by atoms with Crippen molar-refractivity contribution in [1.82, 2.24) is 15.5 Å². The molecule has 1 aliphatic rings. The van der Waals surface area contributed by atoms with E-state index in [1.165, 1.54) is 6.42 Å². The molecule has 0 aromatic heterocycles. The van der Waals surface area contributed by atoms with Gasteiger partial charge >= 0.3 is 0 Å². The maximum atomic E-state index is 5.48. The summed E-state index contributed by atoms with van der Waals surface area (Å²) in [5, 5.41) is 6.83. The molecule has 0 aromatic carbocycles. The van der Waals surface area contributed by atoms with Crippen molar-refractivity contribution in [2.75, 3.05) is 59.7 Å². The molecule has 1 atom stereocenters. The summed E-state index contributed by atoms with van der Waals surface area (Å²) in [5.41, 5.74) is 0. The zero-order valence-electron chi connectivity index (χ0n) is 15.4. The molecule has 1 heterocycles. The molecular formula is C17H36N4O2. The van der Waals surface area contributed by atoms with Crippen LogP contribution in [0.1, 0.15) is 33.6 Å². The average molecular weight is 329 g/mol. The maximum Gasteiger partial charge on any atom is 0.191 e. The number of hydrogen-bond donors (Lipinski definition) is 2. The molecule has 6 nitrogen and oxygen atoms in total. The number of guanidine groups is 1. The molecule has 0 aromatic rings. The lowest BCUT2D eigenvalue weighted by atomic mass is 10.0. The Morgan fingerprint density at radius 2 is 2.00 bits per heavy atom. The number of morpholine rings is 1. The van der Waals surface area contributed by atoms with Crippen LogP contribution >= 0.6 is 0 Å². The molecule has 0 radical (unpaired) electrons. The highest BCUT2D eigenvalue weighted by atomic mass is 16.5. The fourth-order valence-corrected chi connectivity index (χ4v) is 2.81. The Labute approximate surface area is 142 Å². The summed E-state index contributed by atoms with van der Waals surface area (Å²) in [5.74, 6) is 1.56. The minimum absolute atomic E-state index is 0.529. The smallest absolute Gasteiger partial charge is 0.191 e. The molecule has 0 aliphatic carbocycles. The minimum atomic E-state index is 0.529. The molecule has 0 saturated carbocycles. The van der Waals surface area contributed by atoms with Gasteiger partial charge in [-0.25, -0.2) is 0 Å². The van der Waals surface area contributed by atoms with Crippen LogP contribution in [0.4, 0.5) is 0 Å². The van der Waals surface area contributed by atoms with E-state index in [2.05, 4.69) is 34.4 Å². The number of nitrogens with one attached hydrogen (secondary N) is 2. The Hall–Kier alpha value is -0.850. The van der Waals surface area contributed by atoms with Crippen molar-refractivity contribution in [2.24, 2.45) is 10.9 Å². The minimum Gasteiger partial charge on any atom is -0.382 e. The Balaban J connectivity index is 2.35. The van der Waals surface area contributed by atoms with E-state index < -0.39 is 0 Å². The van der Waals surface area contributed by atoms with Crippen LogP contribution in [-0.2, 0) is 9.47 Å². The quantitative estimate of drug-likeness (QED) is 0.360. The van der Waals surface area contributed by atoms with Gasteiger partial charge < -0.3 is 20.1 Å². The summed E-state index contributed by atoms with van der Waals surface area (Å²) in [6.45, 7) is 13.7. The fourth-order valence-electron chi connectivity index (χ4n) is 2.81. The average Bonchev–Trinajstić information content (AvgIpc) is 2.56. The van der Waals surface area contributed by atoms with Crippen molar-refractivity contribution >= 4 is 5.96 Å². The van der Waals surface area contributed by atoms with Crippen molar-refractivity contribution in [3.63, 3.8) is 0 Å². The van der Waals surface area contributed by atoms with Gasteiger partial charge in [-0.15, -0.1) is 0 Å². The lowest BCUT2D eigenvalue weighted by molar-refractivity contribution is 0.0132. The van der Waals surface area contributed by atoms with Crippen LogP contribution in [0.15, 0.2) is 4.99 Å². The van der Waals surface area contributed by atoms with E-state index in [1.54, 1.807) is 0 Å². The van der Waals surface area contributed by atoms with E-state index in [9.17, 15) is 0 Å². The third-order valence-corrected chi connectivity index (χ3v) is 4.00. The van der Waals surface area contributed by atoms with Gasteiger partial charge in [-0.2, -0.15) is 0 Å². The molecule has 0 spiro atoms. The van der Waals surface area contributed by atoms with E-state index in [4.69, 9.17) is 9.47 Å². The Morgan fingerprint density at radius 1 is 1.26 bits per heavy atom. The van der Waals surface area contributed by atoms with Crippen LogP contribution in [0.3, 0.4) is 0 Å². The molecule has 1 saturated heterocycles. The Bertz CT molecular complexity index is 318. The van der Waals surface area contributed by atoms with Gasteiger partial charge in [0.1, 0.15) is 0 Å². The van der Waals surface area contributed by atoms with Crippen LogP contribution in [-0.4, -0.2) is 76.6 Å². The van der Waals surface area contributed by atoms with Crippen molar-refractivity contribution in [3.8, 4) is 0 Å². The molecule has 1 unspecified atom stereocenters. The molecule has 2 N–H and O–H groups in total. The van der Waals surface area contributed by atoms with E-state index in [0.29, 0.717) is 12.0 Å². The van der Waals surface area contributed by atoms with Gasteiger partial charge in [0.15, 0.2) is 5.96 Å². The molecular weight excluding hydrogens is 292 g/mol. The van der Waals surface area contributed by atoms with Crippen LogP contribution in [0.5, 0.6) is 0 Å². The summed E-state index contributed by atoms with van der Waals surface area (Å²) >= 11 is 0. The molecule has 1 aliphatic heterocycles. The molecule has 1 fully saturated rings. The SMILES string of the molecule is CCOCCCNC(=NC)NCC(CC(C)C)N1CCOCC1. The number of hydrogen-bond acceptors (Lipinski definition) is 4. The number of rotatable bonds is 10. The summed E-state index contributed by atoms with van der Waals surface area (Å²) < 4.78 is 10.8. The van der Waals surface area contributed by atoms with Gasteiger partial charge in [0, 0.05) is 52.5 Å². The first-order valence-corrected chi connectivity index (χ1v) is 9.01. The summed E-state index contributed by atoms with van der Waals surface area (Å²) in [6.07, 6.45) is 2.18. The van der Waals surface area contributed by atoms with E-state index in [1.807, 2.05) is 14.0 Å². The highest BCUT2D eigenvalue weighted by molar-refractivity contribution is 5.79. The first-order valence-electron chi connectivity index (χ1n) is 9.01. The highest BCUT2D eigenvalue weighted by Gasteiger charge is 2.22. The molecule has 1 rings (SSSR count). The molecule has 23 heavy (non-hydrogen) atoms. The lowest BCUT2D eigenvalue weighted by Gasteiger charge is -2.35. The summed E-state index contributed by atoms with van der Waals surface area (Å²) in [6, 6.07) is 0.529. The standard InChI is InChI=1S/C17H36N4O2/c1-5-22-10-6-7-19-17(18-4)20-14-16(13-15(2)3)21-8-11-23-12-9-21/h15-16H,5-14H2,1-4H3,(H2,18,19,20). The topological polar surface area (TPSA) is 58.1 Å². The van der Waals surface area contributed by atoms with Crippen LogP contribution in [0.25, 0.3) is 0 Å². The van der Waals surface area contributed by atoms with Crippen molar-refractivity contribution in [3.05, 3.63) is 0 Å². The highest BCUT2D eigenvalue weighted by Crippen LogP contribution is 2.12. The Morgan fingerprint density at radius 3 is 2.61 bits per heavy atom. The zero-order valence-corrected chi connectivity index (χ0v) is 15.4. The summed E-state index contributed by atoms with van der Waals surface area (Å²) in [7, 11) is 1.82. The molecule has 6 heteroatoms. The van der Waals surface area contributed by atoms with Gasteiger partial charge in [0.05, 0.1) is 13.2 Å². The van der Waals surface area contributed by atoms with Crippen molar-refractivity contribution < 1.29 is 9.47 Å². The van der Waals surface area contributed by atoms with Crippen LogP contribution in [0, 0.1) is 5.92 Å². The van der Waals surface area contributed by atoms with Gasteiger partial charge in [-0.1, -0.05) is 13.8 Å². The van der Waals surface area contributed by atoms with Crippen molar-refractivity contribution in [2.45, 2.75) is 39.7 Å².